The molecule has 6 heteroatoms. The normalized spacial score (nSPS) is 15.9. The van der Waals surface area contributed by atoms with Crippen molar-refractivity contribution in [2.45, 2.75) is 25.1 Å². The quantitative estimate of drug-likeness (QED) is 0.875. The molecule has 0 spiro atoms. The molecule has 0 aromatic heterocycles. The summed E-state index contributed by atoms with van der Waals surface area (Å²) >= 11 is 3.07. The van der Waals surface area contributed by atoms with Crippen molar-refractivity contribution in [3.8, 4) is 0 Å². The highest BCUT2D eigenvalue weighted by Crippen LogP contribution is 2.36. The fourth-order valence-electron chi connectivity index (χ4n) is 1.97. The molecule has 2 rings (SSSR count). The Kier molecular flexibility index (Phi) is 4.40. The summed E-state index contributed by atoms with van der Waals surface area (Å²) in [6, 6.07) is 4.80. The van der Waals surface area contributed by atoms with E-state index in [0.29, 0.717) is 17.1 Å². The Morgan fingerprint density at radius 3 is 2.63 bits per heavy atom. The van der Waals surface area contributed by atoms with Gasteiger partial charge < -0.3 is 10.2 Å². The van der Waals surface area contributed by atoms with E-state index in [1.54, 1.807) is 6.07 Å². The molecule has 1 aromatic carbocycles. The Morgan fingerprint density at radius 1 is 1.37 bits per heavy atom. The number of anilines is 1. The van der Waals surface area contributed by atoms with Gasteiger partial charge in [0.1, 0.15) is 0 Å². The maximum Gasteiger partial charge on any atom is 0.418 e. The molecule has 0 atom stereocenters. The third kappa shape index (κ3) is 4.11. The van der Waals surface area contributed by atoms with E-state index < -0.39 is 11.7 Å². The second-order valence-corrected chi connectivity index (χ2v) is 5.74. The van der Waals surface area contributed by atoms with Gasteiger partial charge in [-0.25, -0.2) is 0 Å². The number of halogens is 4. The summed E-state index contributed by atoms with van der Waals surface area (Å²) in [5.41, 5.74) is -0.490. The van der Waals surface area contributed by atoms with E-state index in [1.165, 1.54) is 18.9 Å². The molecule has 2 nitrogen and oxygen atoms in total. The molecular formula is C13H16BrF3N2. The van der Waals surface area contributed by atoms with Crippen LogP contribution in [0.3, 0.4) is 0 Å². The topological polar surface area (TPSA) is 15.3 Å². The predicted molar refractivity (Wildman–Crippen MR) is 73.3 cm³/mol. The number of nitrogens with one attached hydrogen (secondary N) is 1. The number of likely N-dealkylation sites (N-methyl/N-ethyl adjacent to an activating group) is 1. The zero-order valence-electron chi connectivity index (χ0n) is 10.6. The van der Waals surface area contributed by atoms with Crippen LogP contribution in [0.15, 0.2) is 22.7 Å². The number of rotatable bonds is 5. The molecule has 0 saturated heterocycles. The van der Waals surface area contributed by atoms with Gasteiger partial charge in [-0.15, -0.1) is 0 Å². The third-order valence-electron chi connectivity index (χ3n) is 3.24. The second kappa shape index (κ2) is 5.71. The third-order valence-corrected chi connectivity index (χ3v) is 3.73. The molecule has 1 fully saturated rings. The highest BCUT2D eigenvalue weighted by molar-refractivity contribution is 9.10. The molecule has 0 aliphatic heterocycles. The average molecular weight is 337 g/mol. The first-order chi connectivity index (χ1) is 8.88. The molecule has 1 aromatic rings. The first kappa shape index (κ1) is 14.7. The standard InChI is InChI=1S/C13H16BrF3N2/c1-19(10-3-4-10)7-6-18-12-5-2-9(14)8-11(12)13(15,16)17/h2,5,8,10,18H,3-4,6-7H2,1H3. The van der Waals surface area contributed by atoms with E-state index in [4.69, 9.17) is 0 Å². The van der Waals surface area contributed by atoms with Crippen LogP contribution >= 0.6 is 15.9 Å². The van der Waals surface area contributed by atoms with Crippen LogP contribution in [-0.2, 0) is 6.18 Å². The summed E-state index contributed by atoms with van der Waals surface area (Å²) in [4.78, 5) is 2.18. The minimum Gasteiger partial charge on any atom is -0.383 e. The largest absolute Gasteiger partial charge is 0.418 e. The number of hydrogen-bond acceptors (Lipinski definition) is 2. The molecule has 0 amide bonds. The van der Waals surface area contributed by atoms with Crippen LogP contribution in [-0.4, -0.2) is 31.1 Å². The molecule has 106 valence electrons. The SMILES string of the molecule is CN(CCNc1ccc(Br)cc1C(F)(F)F)C1CC1. The molecule has 0 heterocycles. The van der Waals surface area contributed by atoms with Gasteiger partial charge in [0.2, 0.25) is 0 Å². The van der Waals surface area contributed by atoms with E-state index in [9.17, 15) is 13.2 Å². The Balaban J connectivity index is 1.98. The van der Waals surface area contributed by atoms with Gasteiger partial charge >= 0.3 is 6.18 Å². The van der Waals surface area contributed by atoms with Crippen molar-refractivity contribution >= 4 is 21.6 Å². The van der Waals surface area contributed by atoms with Crippen molar-refractivity contribution in [3.63, 3.8) is 0 Å². The van der Waals surface area contributed by atoms with Gasteiger partial charge in [0.05, 0.1) is 5.56 Å². The lowest BCUT2D eigenvalue weighted by Crippen LogP contribution is -2.27. The van der Waals surface area contributed by atoms with Gasteiger partial charge in [-0.05, 0) is 38.1 Å². The van der Waals surface area contributed by atoms with Crippen molar-refractivity contribution in [1.29, 1.82) is 0 Å². The number of benzene rings is 1. The summed E-state index contributed by atoms with van der Waals surface area (Å²) in [6.45, 7) is 1.26. The Labute approximate surface area is 119 Å². The minimum atomic E-state index is -4.34. The van der Waals surface area contributed by atoms with Crippen LogP contribution in [0.25, 0.3) is 0 Å². The van der Waals surface area contributed by atoms with Gasteiger partial charge in [-0.3, -0.25) is 0 Å². The number of alkyl halides is 3. The maximum absolute atomic E-state index is 12.9. The van der Waals surface area contributed by atoms with Gasteiger partial charge in [-0.1, -0.05) is 15.9 Å². The molecule has 1 N–H and O–H groups in total. The zero-order chi connectivity index (χ0) is 14.0. The average Bonchev–Trinajstić information content (AvgIpc) is 3.13. The highest BCUT2D eigenvalue weighted by Gasteiger charge is 2.33. The lowest BCUT2D eigenvalue weighted by Gasteiger charge is -2.18. The van der Waals surface area contributed by atoms with Gasteiger partial charge in [0.25, 0.3) is 0 Å². The fraction of sp³-hybridized carbons (Fsp3) is 0.538. The van der Waals surface area contributed by atoms with Gasteiger partial charge in [-0.2, -0.15) is 13.2 Å². The van der Waals surface area contributed by atoms with Gasteiger partial charge in [0, 0.05) is 29.3 Å². The summed E-state index contributed by atoms with van der Waals surface area (Å²) < 4.78 is 39.1. The summed E-state index contributed by atoms with van der Waals surface area (Å²) in [5, 5.41) is 2.88. The first-order valence-corrected chi connectivity index (χ1v) is 6.98. The first-order valence-electron chi connectivity index (χ1n) is 6.19. The highest BCUT2D eigenvalue weighted by atomic mass is 79.9. The Morgan fingerprint density at radius 2 is 2.05 bits per heavy atom. The second-order valence-electron chi connectivity index (χ2n) is 4.83. The number of nitrogens with zero attached hydrogens (tertiary/aromatic N) is 1. The van der Waals surface area contributed by atoms with Gasteiger partial charge in [0.15, 0.2) is 0 Å². The van der Waals surface area contributed by atoms with Crippen LogP contribution in [0, 0.1) is 0 Å². The van der Waals surface area contributed by atoms with Crippen LogP contribution in [0.2, 0.25) is 0 Å². The molecule has 0 radical (unpaired) electrons. The fourth-order valence-corrected chi connectivity index (χ4v) is 2.33. The lowest BCUT2D eigenvalue weighted by molar-refractivity contribution is -0.137. The molecule has 0 bridgehead atoms. The van der Waals surface area contributed by atoms with Crippen molar-refractivity contribution in [3.05, 3.63) is 28.2 Å². The van der Waals surface area contributed by atoms with E-state index in [0.717, 1.165) is 12.6 Å². The van der Waals surface area contributed by atoms with E-state index in [1.807, 2.05) is 7.05 Å². The summed E-state index contributed by atoms with van der Waals surface area (Å²) in [6.07, 6.45) is -1.94. The summed E-state index contributed by atoms with van der Waals surface area (Å²) in [7, 11) is 2.01. The molecule has 19 heavy (non-hydrogen) atoms. The molecule has 1 saturated carbocycles. The van der Waals surface area contributed by atoms with E-state index in [-0.39, 0.29) is 5.69 Å². The summed E-state index contributed by atoms with van der Waals surface area (Å²) in [5.74, 6) is 0. The zero-order valence-corrected chi connectivity index (χ0v) is 12.2. The predicted octanol–water partition coefficient (Wildman–Crippen LogP) is 3.97. The molecule has 1 aliphatic carbocycles. The number of hydrogen-bond donors (Lipinski definition) is 1. The molecular weight excluding hydrogens is 321 g/mol. The van der Waals surface area contributed by atoms with Crippen molar-refractivity contribution in [1.82, 2.24) is 4.90 Å². The molecule has 1 aliphatic rings. The van der Waals surface area contributed by atoms with Crippen LogP contribution in [0.1, 0.15) is 18.4 Å². The van der Waals surface area contributed by atoms with E-state index >= 15 is 0 Å². The smallest absolute Gasteiger partial charge is 0.383 e. The lowest BCUT2D eigenvalue weighted by atomic mass is 10.1. The minimum absolute atomic E-state index is 0.139. The Hall–Kier alpha value is -0.750. The molecule has 0 unspecified atom stereocenters. The van der Waals surface area contributed by atoms with Crippen LogP contribution < -0.4 is 5.32 Å². The van der Waals surface area contributed by atoms with E-state index in [2.05, 4.69) is 26.1 Å². The Bertz CT molecular complexity index is 444. The van der Waals surface area contributed by atoms with Crippen molar-refractivity contribution in [2.75, 3.05) is 25.5 Å². The van der Waals surface area contributed by atoms with Crippen molar-refractivity contribution < 1.29 is 13.2 Å². The monoisotopic (exact) mass is 336 g/mol. The van der Waals surface area contributed by atoms with Crippen LogP contribution in [0.5, 0.6) is 0 Å². The maximum atomic E-state index is 12.9. The van der Waals surface area contributed by atoms with Crippen molar-refractivity contribution in [2.24, 2.45) is 0 Å². The van der Waals surface area contributed by atoms with Crippen LogP contribution in [0.4, 0.5) is 18.9 Å².